The molecule has 22 heavy (non-hydrogen) atoms. The van der Waals surface area contributed by atoms with Crippen LogP contribution in [-0.4, -0.2) is 71.3 Å². The third-order valence-corrected chi connectivity index (χ3v) is 17.9. The van der Waals surface area contributed by atoms with Crippen LogP contribution in [0.3, 0.4) is 0 Å². The predicted molar refractivity (Wildman–Crippen MR) is 93.9 cm³/mol. The van der Waals surface area contributed by atoms with Crippen molar-refractivity contribution in [3.05, 3.63) is 24.0 Å². The average molecular weight is 530 g/mol. The van der Waals surface area contributed by atoms with Crippen LogP contribution in [0.25, 0.3) is 0 Å². The van der Waals surface area contributed by atoms with Crippen LogP contribution in [-0.2, 0) is 11.9 Å². The van der Waals surface area contributed by atoms with Crippen molar-refractivity contribution >= 4 is 56.3 Å². The molecule has 2 radical (unpaired) electrons. The van der Waals surface area contributed by atoms with Crippen LogP contribution in [0.4, 0.5) is 0 Å². The fourth-order valence-corrected chi connectivity index (χ4v) is 16.7. The van der Waals surface area contributed by atoms with Gasteiger partial charge in [-0.1, -0.05) is 0 Å². The summed E-state index contributed by atoms with van der Waals surface area (Å²) in [6, 6.07) is 1.97. The molecule has 8 heteroatoms. The quantitative estimate of drug-likeness (QED) is 0.361. The second kappa shape index (κ2) is 9.24. The molecule has 0 bridgehead atoms. The maximum absolute atomic E-state index is 5.98. The molecular formula is C14H26InN3O2SiSn. The molecule has 1 aromatic heterocycles. The third kappa shape index (κ3) is 5.36. The van der Waals surface area contributed by atoms with Gasteiger partial charge in [-0.15, -0.1) is 0 Å². The molecule has 1 aliphatic rings. The van der Waals surface area contributed by atoms with Gasteiger partial charge in [-0.3, -0.25) is 0 Å². The van der Waals surface area contributed by atoms with E-state index >= 15 is 0 Å². The maximum atomic E-state index is 5.98. The van der Waals surface area contributed by atoms with E-state index in [0.29, 0.717) is 5.92 Å². The minimum atomic E-state index is -1.99. The molecule has 0 amide bonds. The van der Waals surface area contributed by atoms with Crippen molar-refractivity contribution in [3.8, 4) is 0 Å². The van der Waals surface area contributed by atoms with Crippen molar-refractivity contribution in [1.82, 2.24) is 15.0 Å². The van der Waals surface area contributed by atoms with Crippen molar-refractivity contribution in [1.29, 1.82) is 0 Å². The summed E-state index contributed by atoms with van der Waals surface area (Å²) in [4.78, 5) is 0. The zero-order valence-corrected chi connectivity index (χ0v) is 23.8. The topological polar surface area (TPSA) is 49.2 Å². The predicted octanol–water partition coefficient (Wildman–Crippen LogP) is 1.74. The Bertz CT molecular complexity index is 490. The molecule has 1 fully saturated rings. The van der Waals surface area contributed by atoms with Gasteiger partial charge in [-0.2, -0.15) is 0 Å². The summed E-state index contributed by atoms with van der Waals surface area (Å²) in [5.41, 5.74) is 2.36. The van der Waals surface area contributed by atoms with Crippen molar-refractivity contribution in [2.45, 2.75) is 63.6 Å². The molecule has 0 saturated heterocycles. The Morgan fingerprint density at radius 2 is 2.27 bits per heavy atom. The van der Waals surface area contributed by atoms with Crippen LogP contribution in [0.5, 0.6) is 0 Å². The molecule has 0 aromatic carbocycles. The Balaban J connectivity index is 1.85. The van der Waals surface area contributed by atoms with E-state index in [0.717, 1.165) is 48.0 Å². The first-order valence-electron chi connectivity index (χ1n) is 8.06. The van der Waals surface area contributed by atoms with Crippen molar-refractivity contribution in [2.75, 3.05) is 0 Å². The summed E-state index contributed by atoms with van der Waals surface area (Å²) in [5.74, 6) is 0.642. The van der Waals surface area contributed by atoms with Crippen LogP contribution in [0.2, 0.25) is 12.1 Å². The molecule has 0 N–H and O–H groups in total. The molecule has 120 valence electrons. The third-order valence-electron chi connectivity index (χ3n) is 4.43. The molecule has 1 heterocycles. The second-order valence-electron chi connectivity index (χ2n) is 6.36. The average Bonchev–Trinajstić information content (AvgIpc) is 3.16. The summed E-state index contributed by atoms with van der Waals surface area (Å²) in [7, 11) is -1.99. The zero-order chi connectivity index (χ0) is 16.0. The summed E-state index contributed by atoms with van der Waals surface area (Å²) in [5, 5.41) is 8.66. The molecule has 1 aromatic rings. The van der Waals surface area contributed by atoms with Crippen molar-refractivity contribution in [2.24, 2.45) is 0 Å². The van der Waals surface area contributed by atoms with Gasteiger partial charge in [0.15, 0.2) is 0 Å². The molecule has 0 spiro atoms. The molecule has 1 saturated carbocycles. The minimum absolute atomic E-state index is 0.207. The van der Waals surface area contributed by atoms with E-state index in [2.05, 4.69) is 30.0 Å². The SMILES string of the molecule is C=C(C)C[Si](CCCn1cc(C2CCCC2)nn1)([O][InH2])[O][SnH]. The van der Waals surface area contributed by atoms with Crippen LogP contribution >= 0.6 is 0 Å². The molecule has 1 unspecified atom stereocenters. The zero-order valence-electron chi connectivity index (χ0n) is 13.8. The van der Waals surface area contributed by atoms with Crippen molar-refractivity contribution < 1.29 is 5.31 Å². The number of nitrogens with zero attached hydrogens (tertiary/aromatic N) is 3. The van der Waals surface area contributed by atoms with Crippen LogP contribution in [0.1, 0.15) is 50.6 Å². The van der Waals surface area contributed by atoms with Gasteiger partial charge in [0.05, 0.1) is 0 Å². The van der Waals surface area contributed by atoms with Gasteiger partial charge in [0.25, 0.3) is 0 Å². The van der Waals surface area contributed by atoms with E-state index in [9.17, 15) is 0 Å². The standard InChI is InChI=1S/C14H23N3O2Si.In.Sn.3H/c1-12(2)11-20(18,19)9-5-8-17-10-14(15-16-17)13-6-3-4-7-13;;;;;/h10,13H,1,3-9,11H2,2H3;;;;;/q-2;2*+1;;;. The van der Waals surface area contributed by atoms with Gasteiger partial charge < -0.3 is 0 Å². The second-order valence-corrected chi connectivity index (χ2v) is 15.2. The molecule has 1 aliphatic carbocycles. The van der Waals surface area contributed by atoms with Gasteiger partial charge in [0.1, 0.15) is 0 Å². The summed E-state index contributed by atoms with van der Waals surface area (Å²) in [6.45, 7) is 7.02. The summed E-state index contributed by atoms with van der Waals surface area (Å²) >= 11 is 1.03. The fourth-order valence-electron chi connectivity index (χ4n) is 3.21. The number of aromatic nitrogens is 3. The Morgan fingerprint density at radius 1 is 1.55 bits per heavy atom. The number of rotatable bonds is 9. The molecule has 2 rings (SSSR count). The van der Waals surface area contributed by atoms with E-state index in [1.807, 2.05) is 4.68 Å². The van der Waals surface area contributed by atoms with Crippen LogP contribution in [0, 0.1) is 0 Å². The van der Waals surface area contributed by atoms with E-state index < -0.39 is 8.56 Å². The summed E-state index contributed by atoms with van der Waals surface area (Å²) < 4.78 is 13.9. The molecular weight excluding hydrogens is 504 g/mol. The monoisotopic (exact) mass is 531 g/mol. The Hall–Kier alpha value is 0.686. The van der Waals surface area contributed by atoms with Crippen molar-refractivity contribution in [3.63, 3.8) is 0 Å². The van der Waals surface area contributed by atoms with Gasteiger partial charge in [-0.25, -0.2) is 0 Å². The molecule has 1 atom stereocenters. The van der Waals surface area contributed by atoms with E-state index in [1.165, 1.54) is 37.0 Å². The van der Waals surface area contributed by atoms with E-state index in [-0.39, 0.29) is 24.8 Å². The van der Waals surface area contributed by atoms with Crippen LogP contribution in [0.15, 0.2) is 18.3 Å². The van der Waals surface area contributed by atoms with Crippen LogP contribution < -0.4 is 0 Å². The molecule has 0 aliphatic heterocycles. The van der Waals surface area contributed by atoms with E-state index in [4.69, 9.17) is 5.31 Å². The normalized spacial score (nSPS) is 18.5. The van der Waals surface area contributed by atoms with Gasteiger partial charge in [0, 0.05) is 0 Å². The first-order valence-corrected chi connectivity index (χ1v) is 14.0. The van der Waals surface area contributed by atoms with E-state index in [1.54, 1.807) is 0 Å². The first-order chi connectivity index (χ1) is 10.6. The number of hydrogen-bond donors (Lipinski definition) is 0. The van der Waals surface area contributed by atoms with Gasteiger partial charge in [-0.05, 0) is 0 Å². The number of hydrogen-bond acceptors (Lipinski definition) is 4. The number of aryl methyl sites for hydroxylation is 1. The Kier molecular flexibility index (Phi) is 7.99. The number of allylic oxidation sites excluding steroid dienone is 1. The van der Waals surface area contributed by atoms with Gasteiger partial charge >= 0.3 is 164 Å². The first kappa shape index (κ1) is 19.0. The Labute approximate surface area is 163 Å². The summed E-state index contributed by atoms with van der Waals surface area (Å²) in [6.07, 6.45) is 8.42. The van der Waals surface area contributed by atoms with Gasteiger partial charge in [0.2, 0.25) is 0 Å². The fraction of sp³-hybridized carbons (Fsp3) is 0.714. The Morgan fingerprint density at radius 3 is 2.86 bits per heavy atom. The molecule has 5 nitrogen and oxygen atoms in total.